The van der Waals surface area contributed by atoms with Crippen LogP contribution in [0.15, 0.2) is 58.1 Å². The average Bonchev–Trinajstić information content (AvgIpc) is 2.67. The molecule has 0 heterocycles. The first kappa shape index (κ1) is 25.0. The molecule has 2 rings (SSSR count). The van der Waals surface area contributed by atoms with Crippen molar-refractivity contribution in [3.05, 3.63) is 86.9 Å². The fourth-order valence-electron chi connectivity index (χ4n) is 2.32. The third-order valence-corrected chi connectivity index (χ3v) is 5.40. The fourth-order valence-corrected chi connectivity index (χ4v) is 3.47. The highest BCUT2D eigenvalue weighted by molar-refractivity contribution is 7.90. The lowest BCUT2D eigenvalue weighted by Gasteiger charge is -2.13. The Morgan fingerprint density at radius 3 is 1.88 bits per heavy atom. The summed E-state index contributed by atoms with van der Waals surface area (Å²) in [4.78, 5) is -1.78. The van der Waals surface area contributed by atoms with Crippen LogP contribution >= 0.6 is 0 Å². The van der Waals surface area contributed by atoms with Crippen molar-refractivity contribution in [1.82, 2.24) is 0 Å². The van der Waals surface area contributed by atoms with Crippen LogP contribution < -0.4 is 4.74 Å². The maximum Gasteiger partial charge on any atom is 0.294 e. The number of benzene rings is 1. The third kappa shape index (κ3) is 5.51. The van der Waals surface area contributed by atoms with E-state index in [-0.39, 0.29) is 5.57 Å². The molecule has 0 bridgehead atoms. The fraction of sp³-hybridized carbons (Fsp3) is 0.0556. The second-order valence-corrected chi connectivity index (χ2v) is 8.85. The molecule has 0 saturated heterocycles. The van der Waals surface area contributed by atoms with Gasteiger partial charge in [-0.05, 0) is 29.9 Å². The normalized spacial score (nSPS) is 21.3. The van der Waals surface area contributed by atoms with Gasteiger partial charge in [-0.15, -0.1) is 0 Å². The van der Waals surface area contributed by atoms with E-state index >= 15 is 0 Å². The quantitative estimate of drug-likeness (QED) is 0.369. The molecule has 14 heteroatoms. The van der Waals surface area contributed by atoms with Crippen LogP contribution in [0.2, 0.25) is 0 Å². The molecule has 32 heavy (non-hydrogen) atoms. The molecule has 170 valence electrons. The van der Waals surface area contributed by atoms with Gasteiger partial charge in [0.25, 0.3) is 20.2 Å². The Bertz CT molecular complexity index is 1350. The Morgan fingerprint density at radius 1 is 0.906 bits per heavy atom. The van der Waals surface area contributed by atoms with Crippen LogP contribution in [-0.2, 0) is 20.2 Å². The van der Waals surface area contributed by atoms with Crippen LogP contribution in [0.3, 0.4) is 0 Å². The minimum absolute atomic E-state index is 0.361. The van der Waals surface area contributed by atoms with Crippen molar-refractivity contribution >= 4 is 20.2 Å². The van der Waals surface area contributed by atoms with Gasteiger partial charge in [0.2, 0.25) is 17.4 Å². The van der Waals surface area contributed by atoms with Gasteiger partial charge >= 0.3 is 0 Å². The van der Waals surface area contributed by atoms with E-state index in [2.05, 4.69) is 6.58 Å². The molecule has 0 fully saturated rings. The van der Waals surface area contributed by atoms with Crippen LogP contribution in [0.5, 0.6) is 5.75 Å². The first-order valence-electron chi connectivity index (χ1n) is 8.05. The molecule has 1 aromatic carbocycles. The number of nitriles is 1. The Balaban J connectivity index is 2.71. The molecule has 1 aromatic rings. The molecule has 8 nitrogen and oxygen atoms in total. The lowest BCUT2D eigenvalue weighted by atomic mass is 10.1. The molecule has 1 aliphatic carbocycles. The number of ether oxygens (including phenoxy) is 1. The summed E-state index contributed by atoms with van der Waals surface area (Å²) in [6.07, 6.45) is 2.99. The zero-order chi connectivity index (χ0) is 24.4. The molecule has 1 aliphatic rings. The number of hydrogen-bond donors (Lipinski definition) is 2. The highest BCUT2D eigenvalue weighted by atomic mass is 32.2. The van der Waals surface area contributed by atoms with E-state index in [4.69, 9.17) is 10.00 Å². The Labute approximate surface area is 179 Å². The molecular weight excluding hydrogens is 482 g/mol. The average molecular weight is 493 g/mol. The van der Waals surface area contributed by atoms with E-state index in [1.165, 1.54) is 0 Å². The summed E-state index contributed by atoms with van der Waals surface area (Å²) in [5, 5.41) is 8.62. The highest BCUT2D eigenvalue weighted by Crippen LogP contribution is 2.32. The number of rotatable bonds is 4. The van der Waals surface area contributed by atoms with E-state index in [9.17, 15) is 43.5 Å². The van der Waals surface area contributed by atoms with Gasteiger partial charge in [-0.2, -0.15) is 30.9 Å². The summed E-state index contributed by atoms with van der Waals surface area (Å²) in [5.41, 5.74) is -1.93. The van der Waals surface area contributed by atoms with Gasteiger partial charge in [0.15, 0.2) is 11.6 Å². The highest BCUT2D eigenvalue weighted by Gasteiger charge is 2.28. The van der Waals surface area contributed by atoms with E-state index in [1.807, 2.05) is 0 Å². The molecule has 0 spiro atoms. The Kier molecular flexibility index (Phi) is 7.10. The first-order valence-corrected chi connectivity index (χ1v) is 10.9. The molecule has 2 N–H and O–H groups in total. The number of halogens is 4. The van der Waals surface area contributed by atoms with Gasteiger partial charge < -0.3 is 4.74 Å². The molecule has 0 aromatic heterocycles. The van der Waals surface area contributed by atoms with E-state index in [0.717, 1.165) is 24.3 Å². The van der Waals surface area contributed by atoms with Crippen molar-refractivity contribution < 1.29 is 48.2 Å². The second-order valence-electron chi connectivity index (χ2n) is 6.01. The Morgan fingerprint density at radius 2 is 1.41 bits per heavy atom. The van der Waals surface area contributed by atoms with Gasteiger partial charge in [-0.1, -0.05) is 12.7 Å². The second kappa shape index (κ2) is 9.09. The van der Waals surface area contributed by atoms with Crippen molar-refractivity contribution in [3.63, 3.8) is 0 Å². The molecule has 0 atom stereocenters. The lowest BCUT2D eigenvalue weighted by Crippen LogP contribution is -2.09. The summed E-state index contributed by atoms with van der Waals surface area (Å²) in [6, 6.07) is 0.931. The van der Waals surface area contributed by atoms with Crippen molar-refractivity contribution in [2.45, 2.75) is 6.42 Å². The first-order chi connectivity index (χ1) is 14.7. The maximum absolute atomic E-state index is 14.2. The van der Waals surface area contributed by atoms with Crippen molar-refractivity contribution in [3.8, 4) is 11.8 Å². The van der Waals surface area contributed by atoms with Crippen LogP contribution in [0, 0.1) is 34.6 Å². The zero-order valence-corrected chi connectivity index (χ0v) is 17.1. The van der Waals surface area contributed by atoms with Gasteiger partial charge in [0.1, 0.15) is 17.4 Å². The largest absolute Gasteiger partial charge is 0.455 e. The maximum atomic E-state index is 14.2. The number of allylic oxidation sites excluding steroid dienone is 6. The van der Waals surface area contributed by atoms with Gasteiger partial charge in [0, 0.05) is 6.42 Å². The molecule has 0 radical (unpaired) electrons. The third-order valence-electron chi connectivity index (χ3n) is 3.72. The van der Waals surface area contributed by atoms with Gasteiger partial charge in [-0.3, -0.25) is 9.11 Å². The topological polar surface area (TPSA) is 142 Å². The molecule has 0 aliphatic heterocycles. The van der Waals surface area contributed by atoms with Gasteiger partial charge in [0.05, 0.1) is 9.81 Å². The van der Waals surface area contributed by atoms with Crippen molar-refractivity contribution in [2.24, 2.45) is 0 Å². The van der Waals surface area contributed by atoms with Crippen molar-refractivity contribution in [1.29, 1.82) is 5.26 Å². The summed E-state index contributed by atoms with van der Waals surface area (Å²) in [5.74, 6) is -10.8. The number of hydrogen-bond acceptors (Lipinski definition) is 6. The van der Waals surface area contributed by atoms with Crippen molar-refractivity contribution in [2.75, 3.05) is 0 Å². The van der Waals surface area contributed by atoms with Gasteiger partial charge in [-0.25, -0.2) is 8.78 Å². The van der Waals surface area contributed by atoms with Crippen LogP contribution in [-0.4, -0.2) is 25.9 Å². The lowest BCUT2D eigenvalue weighted by molar-refractivity contribution is 0.334. The van der Waals surface area contributed by atoms with Crippen LogP contribution in [0.1, 0.15) is 12.0 Å². The minimum atomic E-state index is -5.05. The predicted octanol–water partition coefficient (Wildman–Crippen LogP) is 3.44. The smallest absolute Gasteiger partial charge is 0.294 e. The monoisotopic (exact) mass is 493 g/mol. The summed E-state index contributed by atoms with van der Waals surface area (Å²) in [6.45, 7) is 3.34. The predicted molar refractivity (Wildman–Crippen MR) is 102 cm³/mol. The Hall–Kier alpha value is -3.25. The zero-order valence-electron chi connectivity index (χ0n) is 15.5. The van der Waals surface area contributed by atoms with Crippen LogP contribution in [0.4, 0.5) is 17.6 Å². The molecule has 0 unspecified atom stereocenters. The molecular formula is C18H11F4NO7S2. The SMILES string of the molecule is C=C1/C=C(S(=O)(=O)O)\C=C/C/C(Oc2c(F)c(F)c(C#N)c(F)c2F)=C\C(S(=O)(=O)O)=C/1. The molecule has 0 amide bonds. The van der Waals surface area contributed by atoms with E-state index < -0.39 is 76.8 Å². The number of nitrogens with zero attached hydrogens (tertiary/aromatic N) is 1. The minimum Gasteiger partial charge on any atom is -0.455 e. The van der Waals surface area contributed by atoms with Crippen LogP contribution in [0.25, 0.3) is 0 Å². The van der Waals surface area contributed by atoms with E-state index in [0.29, 0.717) is 12.2 Å². The summed E-state index contributed by atoms with van der Waals surface area (Å²) in [7, 11) is -9.88. The summed E-state index contributed by atoms with van der Waals surface area (Å²) < 4.78 is 125. The molecule has 0 saturated carbocycles. The van der Waals surface area contributed by atoms with E-state index in [1.54, 1.807) is 0 Å². The summed E-state index contributed by atoms with van der Waals surface area (Å²) >= 11 is 0. The standard InChI is InChI=1S/C18H11F4NO7S2/c1-9-5-11(31(24,25)26)4-2-3-10(7-12(6-9)32(27,28)29)30-18-16(21)14(19)13(8-23)15(20)17(18)22/h2,4-7H,1,3H2,(H,24,25,26)(H,27,28,29)/b4-2-,10-7+,11-5+,12-6+.